The minimum atomic E-state index is -0.364. The van der Waals surface area contributed by atoms with Crippen molar-refractivity contribution in [2.75, 3.05) is 5.73 Å². The van der Waals surface area contributed by atoms with Crippen molar-refractivity contribution in [3.63, 3.8) is 0 Å². The highest BCUT2D eigenvalue weighted by molar-refractivity contribution is 9.10. The van der Waals surface area contributed by atoms with Gasteiger partial charge in [0.05, 0.1) is 4.47 Å². The minimum absolute atomic E-state index is 0.268. The van der Waals surface area contributed by atoms with Gasteiger partial charge in [-0.15, -0.1) is 0 Å². The predicted octanol–water partition coefficient (Wildman–Crippen LogP) is 4.40. The summed E-state index contributed by atoms with van der Waals surface area (Å²) < 4.78 is 19.1. The zero-order chi connectivity index (χ0) is 13.1. The molecule has 0 aliphatic carbocycles. The lowest BCUT2D eigenvalue weighted by molar-refractivity contribution is 0.305. The van der Waals surface area contributed by atoms with Gasteiger partial charge >= 0.3 is 0 Å². The first-order valence-electron chi connectivity index (χ1n) is 5.18. The molecule has 0 aliphatic heterocycles. The van der Waals surface area contributed by atoms with Crippen molar-refractivity contribution >= 4 is 33.2 Å². The van der Waals surface area contributed by atoms with Crippen LogP contribution >= 0.6 is 27.5 Å². The molecule has 0 bridgehead atoms. The SMILES string of the molecule is Nc1cc(Cl)ccc1COc1ccc(Br)c(F)c1. The first-order chi connectivity index (χ1) is 8.56. The van der Waals surface area contributed by atoms with Crippen LogP contribution in [-0.2, 0) is 6.61 Å². The summed E-state index contributed by atoms with van der Waals surface area (Å²) in [4.78, 5) is 0. The van der Waals surface area contributed by atoms with Crippen LogP contribution in [0.2, 0.25) is 5.02 Å². The molecule has 0 radical (unpaired) electrons. The molecule has 0 unspecified atom stereocenters. The van der Waals surface area contributed by atoms with E-state index in [1.807, 2.05) is 0 Å². The van der Waals surface area contributed by atoms with Gasteiger partial charge < -0.3 is 10.5 Å². The van der Waals surface area contributed by atoms with E-state index in [1.54, 1.807) is 30.3 Å². The Kier molecular flexibility index (Phi) is 4.09. The van der Waals surface area contributed by atoms with E-state index in [0.29, 0.717) is 20.9 Å². The quantitative estimate of drug-likeness (QED) is 0.846. The summed E-state index contributed by atoms with van der Waals surface area (Å²) >= 11 is 8.88. The van der Waals surface area contributed by atoms with Crippen LogP contribution < -0.4 is 10.5 Å². The number of halogens is 3. The molecule has 2 nitrogen and oxygen atoms in total. The predicted molar refractivity (Wildman–Crippen MR) is 74.3 cm³/mol. The molecule has 2 aromatic carbocycles. The molecule has 0 atom stereocenters. The molecule has 0 aromatic heterocycles. The van der Waals surface area contributed by atoms with Crippen LogP contribution in [0.3, 0.4) is 0 Å². The largest absolute Gasteiger partial charge is 0.489 e. The fourth-order valence-corrected chi connectivity index (χ4v) is 1.85. The van der Waals surface area contributed by atoms with Crippen LogP contribution in [-0.4, -0.2) is 0 Å². The standard InChI is InChI=1S/C13H10BrClFNO/c14-11-4-3-10(6-12(11)16)18-7-8-1-2-9(15)5-13(8)17/h1-6H,7,17H2. The van der Waals surface area contributed by atoms with E-state index in [9.17, 15) is 4.39 Å². The maximum absolute atomic E-state index is 13.3. The van der Waals surface area contributed by atoms with E-state index in [-0.39, 0.29) is 12.4 Å². The van der Waals surface area contributed by atoms with Gasteiger partial charge in [-0.3, -0.25) is 0 Å². The fraction of sp³-hybridized carbons (Fsp3) is 0.0769. The lowest BCUT2D eigenvalue weighted by Gasteiger charge is -2.09. The summed E-state index contributed by atoms with van der Waals surface area (Å²) in [6.45, 7) is 0.268. The molecule has 94 valence electrons. The molecule has 0 saturated heterocycles. The van der Waals surface area contributed by atoms with Gasteiger partial charge in [-0.2, -0.15) is 0 Å². The van der Waals surface area contributed by atoms with Crippen molar-refractivity contribution in [2.24, 2.45) is 0 Å². The summed E-state index contributed by atoms with van der Waals surface area (Å²) in [5, 5.41) is 0.575. The Labute approximate surface area is 118 Å². The smallest absolute Gasteiger partial charge is 0.141 e. The van der Waals surface area contributed by atoms with Crippen molar-refractivity contribution in [3.8, 4) is 5.75 Å². The molecule has 2 rings (SSSR count). The third-order valence-electron chi connectivity index (χ3n) is 2.39. The Morgan fingerprint density at radius 2 is 2.00 bits per heavy atom. The third-order valence-corrected chi connectivity index (χ3v) is 3.27. The van der Waals surface area contributed by atoms with E-state index < -0.39 is 0 Å². The summed E-state index contributed by atoms with van der Waals surface area (Å²) in [6.07, 6.45) is 0. The lowest BCUT2D eigenvalue weighted by Crippen LogP contribution is -2.00. The zero-order valence-electron chi connectivity index (χ0n) is 9.29. The Bertz CT molecular complexity index is 577. The number of hydrogen-bond donors (Lipinski definition) is 1. The number of nitrogens with two attached hydrogens (primary N) is 1. The van der Waals surface area contributed by atoms with E-state index in [0.717, 1.165) is 5.56 Å². The molecule has 18 heavy (non-hydrogen) atoms. The number of ether oxygens (including phenoxy) is 1. The van der Waals surface area contributed by atoms with Crippen LogP contribution in [0.5, 0.6) is 5.75 Å². The summed E-state index contributed by atoms with van der Waals surface area (Å²) in [5.74, 6) is 0.0848. The summed E-state index contributed by atoms with van der Waals surface area (Å²) in [7, 11) is 0. The summed E-state index contributed by atoms with van der Waals surface area (Å²) in [5.41, 5.74) is 7.16. The Hall–Kier alpha value is -1.26. The number of benzene rings is 2. The molecular formula is C13H10BrClFNO. The monoisotopic (exact) mass is 329 g/mol. The second kappa shape index (κ2) is 5.59. The van der Waals surface area contributed by atoms with Crippen molar-refractivity contribution in [1.29, 1.82) is 0 Å². The topological polar surface area (TPSA) is 35.2 Å². The number of hydrogen-bond acceptors (Lipinski definition) is 2. The van der Waals surface area contributed by atoms with Gasteiger partial charge in [0.1, 0.15) is 18.2 Å². The minimum Gasteiger partial charge on any atom is -0.489 e. The first-order valence-corrected chi connectivity index (χ1v) is 6.35. The molecule has 0 spiro atoms. The zero-order valence-corrected chi connectivity index (χ0v) is 11.6. The molecule has 5 heteroatoms. The molecule has 2 N–H and O–H groups in total. The Balaban J connectivity index is 2.09. The molecule has 0 heterocycles. The van der Waals surface area contributed by atoms with Crippen molar-refractivity contribution in [1.82, 2.24) is 0 Å². The van der Waals surface area contributed by atoms with Crippen LogP contribution in [0, 0.1) is 5.82 Å². The highest BCUT2D eigenvalue weighted by Gasteiger charge is 2.04. The molecular weight excluding hydrogens is 321 g/mol. The van der Waals surface area contributed by atoms with Gasteiger partial charge in [0.25, 0.3) is 0 Å². The van der Waals surface area contributed by atoms with Gasteiger partial charge in [-0.05, 0) is 40.2 Å². The van der Waals surface area contributed by atoms with E-state index in [1.165, 1.54) is 6.07 Å². The van der Waals surface area contributed by atoms with E-state index in [4.69, 9.17) is 22.1 Å². The Morgan fingerprint density at radius 1 is 1.22 bits per heavy atom. The maximum atomic E-state index is 13.3. The normalized spacial score (nSPS) is 10.4. The second-order valence-electron chi connectivity index (χ2n) is 3.71. The summed E-state index contributed by atoms with van der Waals surface area (Å²) in [6, 6.07) is 9.76. The van der Waals surface area contributed by atoms with Crippen molar-refractivity contribution in [3.05, 3.63) is 57.3 Å². The second-order valence-corrected chi connectivity index (χ2v) is 5.00. The fourth-order valence-electron chi connectivity index (χ4n) is 1.42. The first kappa shape index (κ1) is 13.2. The maximum Gasteiger partial charge on any atom is 0.141 e. The average molecular weight is 331 g/mol. The van der Waals surface area contributed by atoms with Gasteiger partial charge in [0.15, 0.2) is 0 Å². The molecule has 0 saturated carbocycles. The molecule has 0 fully saturated rings. The van der Waals surface area contributed by atoms with Gasteiger partial charge in [0, 0.05) is 22.3 Å². The highest BCUT2D eigenvalue weighted by atomic mass is 79.9. The van der Waals surface area contributed by atoms with Crippen LogP contribution in [0.15, 0.2) is 40.9 Å². The van der Waals surface area contributed by atoms with E-state index >= 15 is 0 Å². The number of anilines is 1. The van der Waals surface area contributed by atoms with Crippen molar-refractivity contribution in [2.45, 2.75) is 6.61 Å². The van der Waals surface area contributed by atoms with Gasteiger partial charge in [-0.25, -0.2) is 4.39 Å². The molecule has 0 aliphatic rings. The van der Waals surface area contributed by atoms with Crippen LogP contribution in [0.25, 0.3) is 0 Å². The van der Waals surface area contributed by atoms with Crippen LogP contribution in [0.1, 0.15) is 5.56 Å². The average Bonchev–Trinajstić information content (AvgIpc) is 2.32. The van der Waals surface area contributed by atoms with Crippen LogP contribution in [0.4, 0.5) is 10.1 Å². The Morgan fingerprint density at radius 3 is 2.67 bits per heavy atom. The van der Waals surface area contributed by atoms with E-state index in [2.05, 4.69) is 15.9 Å². The number of nitrogen functional groups attached to an aromatic ring is 1. The lowest BCUT2D eigenvalue weighted by atomic mass is 10.2. The molecule has 0 amide bonds. The highest BCUT2D eigenvalue weighted by Crippen LogP contribution is 2.23. The van der Waals surface area contributed by atoms with Gasteiger partial charge in [-0.1, -0.05) is 17.7 Å². The van der Waals surface area contributed by atoms with Crippen molar-refractivity contribution < 1.29 is 9.13 Å². The van der Waals surface area contributed by atoms with Gasteiger partial charge in [0.2, 0.25) is 0 Å². The molecule has 2 aromatic rings. The third kappa shape index (κ3) is 3.15. The number of rotatable bonds is 3.